The first-order chi connectivity index (χ1) is 8.77. The minimum atomic E-state index is -0.582. The van der Waals surface area contributed by atoms with Gasteiger partial charge in [-0.3, -0.25) is 4.79 Å². The number of nitrogens with one attached hydrogen (secondary N) is 2. The van der Waals surface area contributed by atoms with Gasteiger partial charge < -0.3 is 15.4 Å². The fourth-order valence-corrected chi connectivity index (χ4v) is 3.20. The monoisotopic (exact) mass is 290 g/mol. The molecular weight excluding hydrogens is 264 g/mol. The fourth-order valence-electron chi connectivity index (χ4n) is 3.20. The van der Waals surface area contributed by atoms with Crippen molar-refractivity contribution >= 4 is 18.3 Å². The highest BCUT2D eigenvalue weighted by Gasteiger charge is 2.39. The van der Waals surface area contributed by atoms with E-state index in [1.54, 1.807) is 7.11 Å². The number of hydrogen-bond acceptors (Lipinski definition) is 3. The Kier molecular flexibility index (Phi) is 7.11. The molecule has 1 aliphatic heterocycles. The Hall–Kier alpha value is -0.320. The van der Waals surface area contributed by atoms with E-state index in [1.165, 1.54) is 25.7 Å². The van der Waals surface area contributed by atoms with Gasteiger partial charge in [0, 0.05) is 13.7 Å². The lowest BCUT2D eigenvalue weighted by Gasteiger charge is -2.34. The summed E-state index contributed by atoms with van der Waals surface area (Å²) in [5.74, 6) is 0.918. The van der Waals surface area contributed by atoms with Gasteiger partial charge in [0.15, 0.2) is 0 Å². The summed E-state index contributed by atoms with van der Waals surface area (Å²) < 4.78 is 5.51. The number of halogens is 1. The molecule has 0 atom stereocenters. The van der Waals surface area contributed by atoms with Crippen molar-refractivity contribution in [3.63, 3.8) is 0 Å². The maximum absolute atomic E-state index is 12.3. The van der Waals surface area contributed by atoms with Crippen LogP contribution in [0.3, 0.4) is 0 Å². The number of piperidine rings is 1. The molecule has 2 rings (SSSR count). The van der Waals surface area contributed by atoms with Crippen molar-refractivity contribution in [1.29, 1.82) is 0 Å². The standard InChI is InChI=1S/C14H26N2O2.ClH/c1-18-14(7-10-15-11-8-14)13(17)16-9-6-12-4-2-3-5-12;/h12,15H,2-11H2,1H3,(H,16,17);1H. The van der Waals surface area contributed by atoms with Crippen LogP contribution >= 0.6 is 12.4 Å². The van der Waals surface area contributed by atoms with Crippen molar-refractivity contribution in [2.75, 3.05) is 26.7 Å². The van der Waals surface area contributed by atoms with Crippen molar-refractivity contribution in [3.8, 4) is 0 Å². The van der Waals surface area contributed by atoms with Crippen LogP contribution in [0.2, 0.25) is 0 Å². The number of hydrogen-bond donors (Lipinski definition) is 2. The normalized spacial score (nSPS) is 22.8. The molecule has 0 aromatic rings. The van der Waals surface area contributed by atoms with E-state index in [0.717, 1.165) is 44.8 Å². The second kappa shape index (κ2) is 8.08. The highest BCUT2D eigenvalue weighted by Crippen LogP contribution is 2.27. The molecule has 0 unspecified atom stereocenters. The van der Waals surface area contributed by atoms with Crippen molar-refractivity contribution in [2.45, 2.75) is 50.5 Å². The van der Waals surface area contributed by atoms with Gasteiger partial charge in [-0.05, 0) is 38.3 Å². The average molecular weight is 291 g/mol. The van der Waals surface area contributed by atoms with Crippen LogP contribution in [0, 0.1) is 5.92 Å². The Bertz CT molecular complexity index is 275. The second-order valence-electron chi connectivity index (χ2n) is 5.64. The predicted octanol–water partition coefficient (Wildman–Crippen LogP) is 1.87. The minimum absolute atomic E-state index is 0. The lowest BCUT2D eigenvalue weighted by Crippen LogP contribution is -2.54. The Morgan fingerprint density at radius 1 is 1.32 bits per heavy atom. The van der Waals surface area contributed by atoms with E-state index in [-0.39, 0.29) is 18.3 Å². The molecule has 0 aromatic carbocycles. The number of carbonyl (C=O) groups excluding carboxylic acids is 1. The molecule has 19 heavy (non-hydrogen) atoms. The summed E-state index contributed by atoms with van der Waals surface area (Å²) in [5, 5.41) is 6.35. The molecule has 1 heterocycles. The molecule has 112 valence electrons. The molecule has 1 aliphatic carbocycles. The number of amides is 1. The molecule has 1 amide bonds. The van der Waals surface area contributed by atoms with Crippen molar-refractivity contribution in [1.82, 2.24) is 10.6 Å². The van der Waals surface area contributed by atoms with Crippen LogP contribution in [0.15, 0.2) is 0 Å². The van der Waals surface area contributed by atoms with Crippen LogP contribution in [-0.4, -0.2) is 38.3 Å². The summed E-state index contributed by atoms with van der Waals surface area (Å²) in [6, 6.07) is 0. The highest BCUT2D eigenvalue weighted by atomic mass is 35.5. The van der Waals surface area contributed by atoms with E-state index >= 15 is 0 Å². The van der Waals surface area contributed by atoms with E-state index in [2.05, 4.69) is 10.6 Å². The summed E-state index contributed by atoms with van der Waals surface area (Å²) in [6.07, 6.45) is 8.10. The molecular formula is C14H27ClN2O2. The smallest absolute Gasteiger partial charge is 0.252 e. The first-order valence-electron chi connectivity index (χ1n) is 7.31. The Balaban J connectivity index is 0.00000180. The lowest BCUT2D eigenvalue weighted by molar-refractivity contribution is -0.146. The molecule has 0 spiro atoms. The van der Waals surface area contributed by atoms with Crippen molar-refractivity contribution in [2.24, 2.45) is 5.92 Å². The van der Waals surface area contributed by atoms with Gasteiger partial charge in [0.25, 0.3) is 5.91 Å². The van der Waals surface area contributed by atoms with Crippen LogP contribution in [0.25, 0.3) is 0 Å². The Morgan fingerprint density at radius 2 is 1.95 bits per heavy atom. The predicted molar refractivity (Wildman–Crippen MR) is 78.7 cm³/mol. The SMILES string of the molecule is COC1(C(=O)NCCC2CCCC2)CCNCC1.Cl. The zero-order valence-corrected chi connectivity index (χ0v) is 12.7. The molecule has 0 radical (unpaired) electrons. The van der Waals surface area contributed by atoms with Crippen LogP contribution in [-0.2, 0) is 9.53 Å². The topological polar surface area (TPSA) is 50.4 Å². The number of ether oxygens (including phenoxy) is 1. The minimum Gasteiger partial charge on any atom is -0.368 e. The summed E-state index contributed by atoms with van der Waals surface area (Å²) in [4.78, 5) is 12.3. The molecule has 2 N–H and O–H groups in total. The highest BCUT2D eigenvalue weighted by molar-refractivity contribution is 5.85. The van der Waals surface area contributed by atoms with Gasteiger partial charge in [0.1, 0.15) is 5.60 Å². The summed E-state index contributed by atoms with van der Waals surface area (Å²) in [5.41, 5.74) is -0.582. The van der Waals surface area contributed by atoms with Gasteiger partial charge >= 0.3 is 0 Å². The van der Waals surface area contributed by atoms with Crippen LogP contribution < -0.4 is 10.6 Å². The number of carbonyl (C=O) groups is 1. The third-order valence-corrected chi connectivity index (χ3v) is 4.53. The summed E-state index contributed by atoms with van der Waals surface area (Å²) in [6.45, 7) is 2.54. The molecule has 0 aromatic heterocycles. The molecule has 1 saturated carbocycles. The third-order valence-electron chi connectivity index (χ3n) is 4.53. The molecule has 1 saturated heterocycles. The van der Waals surface area contributed by atoms with Gasteiger partial charge in [0.2, 0.25) is 0 Å². The van der Waals surface area contributed by atoms with Gasteiger partial charge in [-0.25, -0.2) is 0 Å². The zero-order valence-electron chi connectivity index (χ0n) is 11.9. The Morgan fingerprint density at radius 3 is 2.53 bits per heavy atom. The molecule has 4 nitrogen and oxygen atoms in total. The first kappa shape index (κ1) is 16.7. The third kappa shape index (κ3) is 4.33. The van der Waals surface area contributed by atoms with Gasteiger partial charge in [-0.15, -0.1) is 12.4 Å². The van der Waals surface area contributed by atoms with E-state index in [4.69, 9.17) is 4.74 Å². The second-order valence-corrected chi connectivity index (χ2v) is 5.64. The maximum Gasteiger partial charge on any atom is 0.252 e. The molecule has 0 bridgehead atoms. The fraction of sp³-hybridized carbons (Fsp3) is 0.929. The van der Waals surface area contributed by atoms with Crippen LogP contribution in [0.1, 0.15) is 44.9 Å². The molecule has 2 fully saturated rings. The van der Waals surface area contributed by atoms with Crippen molar-refractivity contribution in [3.05, 3.63) is 0 Å². The summed E-state index contributed by atoms with van der Waals surface area (Å²) >= 11 is 0. The number of methoxy groups -OCH3 is 1. The lowest BCUT2D eigenvalue weighted by atomic mass is 9.91. The van der Waals surface area contributed by atoms with Gasteiger partial charge in [0.05, 0.1) is 0 Å². The number of rotatable bonds is 5. The largest absolute Gasteiger partial charge is 0.368 e. The summed E-state index contributed by atoms with van der Waals surface area (Å²) in [7, 11) is 1.65. The van der Waals surface area contributed by atoms with Gasteiger partial charge in [-0.1, -0.05) is 25.7 Å². The van der Waals surface area contributed by atoms with E-state index in [9.17, 15) is 4.79 Å². The van der Waals surface area contributed by atoms with E-state index < -0.39 is 5.60 Å². The average Bonchev–Trinajstić information content (AvgIpc) is 2.92. The molecule has 5 heteroatoms. The zero-order chi connectivity index (χ0) is 12.8. The quantitative estimate of drug-likeness (QED) is 0.813. The maximum atomic E-state index is 12.3. The van der Waals surface area contributed by atoms with E-state index in [1.807, 2.05) is 0 Å². The van der Waals surface area contributed by atoms with Gasteiger partial charge in [-0.2, -0.15) is 0 Å². The van der Waals surface area contributed by atoms with Crippen LogP contribution in [0.4, 0.5) is 0 Å². The van der Waals surface area contributed by atoms with E-state index in [0.29, 0.717) is 0 Å². The Labute approximate surface area is 122 Å². The van der Waals surface area contributed by atoms with Crippen molar-refractivity contribution < 1.29 is 9.53 Å². The first-order valence-corrected chi connectivity index (χ1v) is 7.31. The molecule has 2 aliphatic rings. The van der Waals surface area contributed by atoms with Crippen LogP contribution in [0.5, 0.6) is 0 Å².